The van der Waals surface area contributed by atoms with Gasteiger partial charge in [-0.15, -0.1) is 11.6 Å². The van der Waals surface area contributed by atoms with Crippen molar-refractivity contribution in [1.29, 1.82) is 0 Å². The Hall–Kier alpha value is -0.800. The van der Waals surface area contributed by atoms with Crippen LogP contribution in [-0.2, 0) is 0 Å². The van der Waals surface area contributed by atoms with Crippen molar-refractivity contribution in [2.75, 3.05) is 11.6 Å². The average molecular weight is 253 g/mol. The first kappa shape index (κ1) is 11.7. The third-order valence-electron chi connectivity index (χ3n) is 2.23. The van der Waals surface area contributed by atoms with Crippen LogP contribution in [0.5, 0.6) is 0 Å². The van der Waals surface area contributed by atoms with E-state index in [-0.39, 0.29) is 0 Å². The van der Waals surface area contributed by atoms with Crippen LogP contribution in [0.1, 0.15) is 6.92 Å². The molecule has 1 heterocycles. The van der Waals surface area contributed by atoms with Crippen LogP contribution in [0.15, 0.2) is 35.6 Å². The summed E-state index contributed by atoms with van der Waals surface area (Å²) in [7, 11) is 0. The first-order valence-electron chi connectivity index (χ1n) is 5.20. The molecule has 16 heavy (non-hydrogen) atoms. The summed E-state index contributed by atoms with van der Waals surface area (Å²) in [4.78, 5) is 8.81. The molecule has 2 nitrogen and oxygen atoms in total. The van der Waals surface area contributed by atoms with Crippen LogP contribution >= 0.6 is 23.4 Å². The monoisotopic (exact) mass is 252 g/mol. The molecular formula is C12H13ClN2S. The molecule has 0 aliphatic heterocycles. The van der Waals surface area contributed by atoms with Gasteiger partial charge in [0.05, 0.1) is 5.52 Å². The maximum Gasteiger partial charge on any atom is 0.188 e. The third kappa shape index (κ3) is 2.86. The number of thioether (sulfide) groups is 1. The molecule has 0 N–H and O–H groups in total. The Morgan fingerprint density at radius 1 is 1.38 bits per heavy atom. The van der Waals surface area contributed by atoms with E-state index in [1.54, 1.807) is 11.8 Å². The Bertz CT molecular complexity index is 475. The maximum absolute atomic E-state index is 5.76. The molecule has 0 aliphatic carbocycles. The standard InChI is InChI=1S/C12H13ClN2S/c1-9(6-13)8-16-12-14-7-10-4-2-3-5-11(10)15-12/h2-5,7,9H,6,8H2,1H3. The zero-order valence-electron chi connectivity index (χ0n) is 9.06. The second kappa shape index (κ2) is 5.51. The SMILES string of the molecule is CC(CCl)CSc1ncc2ccccc2n1. The summed E-state index contributed by atoms with van der Waals surface area (Å²) in [6, 6.07) is 8.01. The van der Waals surface area contributed by atoms with E-state index in [9.17, 15) is 0 Å². The molecule has 1 aromatic heterocycles. The average Bonchev–Trinajstić information content (AvgIpc) is 2.35. The predicted octanol–water partition coefficient (Wildman–Crippen LogP) is 3.60. The molecule has 84 valence electrons. The highest BCUT2D eigenvalue weighted by atomic mass is 35.5. The third-order valence-corrected chi connectivity index (χ3v) is 3.94. The molecule has 2 aromatic rings. The molecule has 1 unspecified atom stereocenters. The van der Waals surface area contributed by atoms with Crippen LogP contribution in [0, 0.1) is 5.92 Å². The van der Waals surface area contributed by atoms with Crippen molar-refractivity contribution in [2.24, 2.45) is 5.92 Å². The van der Waals surface area contributed by atoms with Crippen LogP contribution in [0.25, 0.3) is 10.9 Å². The number of hydrogen-bond donors (Lipinski definition) is 0. The van der Waals surface area contributed by atoms with Gasteiger partial charge in [0.25, 0.3) is 0 Å². The fourth-order valence-corrected chi connectivity index (χ4v) is 2.37. The van der Waals surface area contributed by atoms with Gasteiger partial charge in [0.2, 0.25) is 0 Å². The Morgan fingerprint density at radius 3 is 3.00 bits per heavy atom. The first-order valence-corrected chi connectivity index (χ1v) is 6.72. The van der Waals surface area contributed by atoms with Gasteiger partial charge in [-0.2, -0.15) is 0 Å². The van der Waals surface area contributed by atoms with Crippen LogP contribution < -0.4 is 0 Å². The Morgan fingerprint density at radius 2 is 2.19 bits per heavy atom. The lowest BCUT2D eigenvalue weighted by Gasteiger charge is -2.05. The van der Waals surface area contributed by atoms with Crippen LogP contribution in [-0.4, -0.2) is 21.6 Å². The van der Waals surface area contributed by atoms with Crippen molar-refractivity contribution in [3.63, 3.8) is 0 Å². The van der Waals surface area contributed by atoms with Gasteiger partial charge >= 0.3 is 0 Å². The highest BCUT2D eigenvalue weighted by Crippen LogP contribution is 2.19. The lowest BCUT2D eigenvalue weighted by Crippen LogP contribution is -2.00. The summed E-state index contributed by atoms with van der Waals surface area (Å²) in [6.07, 6.45) is 1.87. The Kier molecular flexibility index (Phi) is 4.02. The zero-order chi connectivity index (χ0) is 11.4. The van der Waals surface area contributed by atoms with Crippen molar-refractivity contribution in [2.45, 2.75) is 12.1 Å². The molecule has 0 saturated carbocycles. The van der Waals surface area contributed by atoms with E-state index < -0.39 is 0 Å². The molecule has 0 fully saturated rings. The van der Waals surface area contributed by atoms with E-state index >= 15 is 0 Å². The molecule has 0 saturated heterocycles. The van der Waals surface area contributed by atoms with E-state index in [2.05, 4.69) is 16.9 Å². The van der Waals surface area contributed by atoms with E-state index in [1.165, 1.54) is 0 Å². The van der Waals surface area contributed by atoms with Crippen LogP contribution in [0.2, 0.25) is 0 Å². The molecule has 0 spiro atoms. The second-order valence-corrected chi connectivity index (χ2v) is 5.08. The van der Waals surface area contributed by atoms with Gasteiger partial charge in [0.1, 0.15) is 0 Å². The number of para-hydroxylation sites is 1. The molecule has 2 rings (SSSR count). The highest BCUT2D eigenvalue weighted by molar-refractivity contribution is 7.99. The van der Waals surface area contributed by atoms with E-state index in [0.717, 1.165) is 21.8 Å². The topological polar surface area (TPSA) is 25.8 Å². The lowest BCUT2D eigenvalue weighted by molar-refractivity contribution is 0.756. The number of aromatic nitrogens is 2. The molecule has 0 amide bonds. The normalized spacial score (nSPS) is 12.9. The molecule has 1 atom stereocenters. The van der Waals surface area contributed by atoms with E-state index in [0.29, 0.717) is 11.8 Å². The van der Waals surface area contributed by atoms with Gasteiger partial charge in [0, 0.05) is 23.2 Å². The molecule has 0 radical (unpaired) electrons. The van der Waals surface area contributed by atoms with E-state index in [1.807, 2.05) is 30.5 Å². The fourth-order valence-electron chi connectivity index (χ4n) is 1.29. The van der Waals surface area contributed by atoms with Crippen molar-refractivity contribution in [3.05, 3.63) is 30.5 Å². The van der Waals surface area contributed by atoms with E-state index in [4.69, 9.17) is 11.6 Å². The minimum Gasteiger partial charge on any atom is -0.230 e. The maximum atomic E-state index is 5.76. The van der Waals surface area contributed by atoms with Gasteiger partial charge in [-0.25, -0.2) is 9.97 Å². The number of benzene rings is 1. The largest absolute Gasteiger partial charge is 0.230 e. The van der Waals surface area contributed by atoms with Gasteiger partial charge in [0.15, 0.2) is 5.16 Å². The van der Waals surface area contributed by atoms with Crippen molar-refractivity contribution in [1.82, 2.24) is 9.97 Å². The molecule has 0 aliphatic rings. The fraction of sp³-hybridized carbons (Fsp3) is 0.333. The van der Waals surface area contributed by atoms with Gasteiger partial charge in [-0.05, 0) is 12.0 Å². The first-order chi connectivity index (χ1) is 7.79. The number of hydrogen-bond acceptors (Lipinski definition) is 3. The van der Waals surface area contributed by atoms with Crippen molar-refractivity contribution in [3.8, 4) is 0 Å². The number of alkyl halides is 1. The van der Waals surface area contributed by atoms with Gasteiger partial charge in [-0.1, -0.05) is 36.9 Å². The zero-order valence-corrected chi connectivity index (χ0v) is 10.6. The molecule has 4 heteroatoms. The van der Waals surface area contributed by atoms with Crippen molar-refractivity contribution >= 4 is 34.3 Å². The summed E-state index contributed by atoms with van der Waals surface area (Å²) in [5, 5.41) is 1.91. The minimum absolute atomic E-state index is 0.488. The molecule has 1 aromatic carbocycles. The summed E-state index contributed by atoms with van der Waals surface area (Å²) >= 11 is 7.42. The Labute approximate surface area is 104 Å². The van der Waals surface area contributed by atoms with Crippen LogP contribution in [0.4, 0.5) is 0 Å². The predicted molar refractivity (Wildman–Crippen MR) is 70.1 cm³/mol. The number of rotatable bonds is 4. The second-order valence-electron chi connectivity index (χ2n) is 3.78. The lowest BCUT2D eigenvalue weighted by atomic mass is 10.2. The van der Waals surface area contributed by atoms with Crippen molar-refractivity contribution < 1.29 is 0 Å². The minimum atomic E-state index is 0.488. The summed E-state index contributed by atoms with van der Waals surface area (Å²) in [6.45, 7) is 2.13. The summed E-state index contributed by atoms with van der Waals surface area (Å²) in [5.74, 6) is 2.13. The number of nitrogens with zero attached hydrogens (tertiary/aromatic N) is 2. The number of halogens is 1. The summed E-state index contributed by atoms with van der Waals surface area (Å²) in [5.41, 5.74) is 0.999. The van der Waals surface area contributed by atoms with Crippen LogP contribution in [0.3, 0.4) is 0 Å². The molecule has 0 bridgehead atoms. The van der Waals surface area contributed by atoms with Gasteiger partial charge < -0.3 is 0 Å². The molecular weight excluding hydrogens is 240 g/mol. The Balaban J connectivity index is 2.13. The quantitative estimate of drug-likeness (QED) is 0.472. The highest BCUT2D eigenvalue weighted by Gasteiger charge is 2.04. The van der Waals surface area contributed by atoms with Gasteiger partial charge in [-0.3, -0.25) is 0 Å². The smallest absolute Gasteiger partial charge is 0.188 e. The number of fused-ring (bicyclic) bond motifs is 1. The summed E-state index contributed by atoms with van der Waals surface area (Å²) < 4.78 is 0.